The van der Waals surface area contributed by atoms with Crippen molar-refractivity contribution in [3.63, 3.8) is 0 Å². The second-order valence-electron chi connectivity index (χ2n) is 4.55. The Labute approximate surface area is 131 Å². The Bertz CT molecular complexity index is 483. The van der Waals surface area contributed by atoms with Gasteiger partial charge in [0.1, 0.15) is 12.4 Å². The lowest BCUT2D eigenvalue weighted by atomic mass is 10.2. The van der Waals surface area contributed by atoms with Gasteiger partial charge in [-0.2, -0.15) is 24.9 Å². The third-order valence-electron chi connectivity index (χ3n) is 2.80. The molecule has 0 radical (unpaired) electrons. The van der Waals surface area contributed by atoms with Gasteiger partial charge in [0, 0.05) is 0 Å². The van der Waals surface area contributed by atoms with Crippen LogP contribution in [0, 0.1) is 0 Å². The first-order chi connectivity index (χ1) is 10.3. The minimum Gasteiger partial charge on any atom is -0.492 e. The molecule has 0 aromatic heterocycles. The van der Waals surface area contributed by atoms with Gasteiger partial charge < -0.3 is 15.8 Å². The van der Waals surface area contributed by atoms with Crippen molar-refractivity contribution in [3.8, 4) is 5.75 Å². The van der Waals surface area contributed by atoms with E-state index in [1.165, 1.54) is 12.1 Å². The van der Waals surface area contributed by atoms with E-state index >= 15 is 0 Å². The van der Waals surface area contributed by atoms with Gasteiger partial charge in [-0.3, -0.25) is 4.79 Å². The van der Waals surface area contributed by atoms with Crippen molar-refractivity contribution in [3.05, 3.63) is 29.8 Å². The van der Waals surface area contributed by atoms with Gasteiger partial charge in [-0.05, 0) is 36.6 Å². The van der Waals surface area contributed by atoms with Gasteiger partial charge in [0.15, 0.2) is 0 Å². The van der Waals surface area contributed by atoms with Crippen LogP contribution in [-0.2, 0) is 11.0 Å². The molecule has 0 spiro atoms. The first-order valence-corrected chi connectivity index (χ1v) is 8.06. The fourth-order valence-corrected chi connectivity index (χ4v) is 2.10. The molecule has 0 bridgehead atoms. The highest BCUT2D eigenvalue weighted by Crippen LogP contribution is 2.31. The Balaban J connectivity index is 2.34. The van der Waals surface area contributed by atoms with Crippen molar-refractivity contribution in [1.82, 2.24) is 5.32 Å². The van der Waals surface area contributed by atoms with Gasteiger partial charge in [-0.25, -0.2) is 0 Å². The summed E-state index contributed by atoms with van der Waals surface area (Å²) in [6, 6.07) is 4.02. The molecule has 22 heavy (non-hydrogen) atoms. The number of nitrogens with two attached hydrogens (primary N) is 1. The summed E-state index contributed by atoms with van der Waals surface area (Å²) in [7, 11) is 0. The molecule has 8 heteroatoms. The van der Waals surface area contributed by atoms with Gasteiger partial charge in [0.05, 0.1) is 18.2 Å². The summed E-state index contributed by atoms with van der Waals surface area (Å²) in [6.07, 6.45) is -1.91. The number of rotatable bonds is 8. The first-order valence-electron chi connectivity index (χ1n) is 6.67. The predicted molar refractivity (Wildman–Crippen MR) is 80.9 cm³/mol. The number of hydrogen-bond acceptors (Lipinski definition) is 4. The summed E-state index contributed by atoms with van der Waals surface area (Å²) >= 11 is 1.60. The lowest BCUT2D eigenvalue weighted by Crippen LogP contribution is -2.42. The fraction of sp³-hybridized carbons (Fsp3) is 0.500. The van der Waals surface area contributed by atoms with Crippen LogP contribution in [0.5, 0.6) is 5.75 Å². The number of nitrogens with one attached hydrogen (secondary N) is 1. The van der Waals surface area contributed by atoms with Crippen LogP contribution in [0.2, 0.25) is 0 Å². The standard InChI is InChI=1S/C14H19F3N2O2S/c1-22-8-5-12(18)13(20)19-6-7-21-11-4-2-3-10(9-11)14(15,16)17/h2-4,9,12H,5-8,18H2,1H3,(H,19,20)/t12-/m0/s1. The van der Waals surface area contributed by atoms with Gasteiger partial charge >= 0.3 is 6.18 Å². The predicted octanol–water partition coefficient (Wildman–Crippen LogP) is 2.28. The molecule has 1 amide bonds. The lowest BCUT2D eigenvalue weighted by molar-refractivity contribution is -0.137. The van der Waals surface area contributed by atoms with E-state index in [0.717, 1.165) is 17.9 Å². The van der Waals surface area contributed by atoms with E-state index in [1.54, 1.807) is 11.8 Å². The van der Waals surface area contributed by atoms with Crippen molar-refractivity contribution < 1.29 is 22.7 Å². The lowest BCUT2D eigenvalue weighted by Gasteiger charge is -2.13. The molecule has 124 valence electrons. The molecule has 0 fully saturated rings. The van der Waals surface area contributed by atoms with Crippen LogP contribution in [0.4, 0.5) is 13.2 Å². The van der Waals surface area contributed by atoms with Gasteiger partial charge in [-0.15, -0.1) is 0 Å². The average molecular weight is 336 g/mol. The molecule has 0 unspecified atom stereocenters. The second-order valence-corrected chi connectivity index (χ2v) is 5.54. The Morgan fingerprint density at radius 1 is 1.45 bits per heavy atom. The van der Waals surface area contributed by atoms with Gasteiger partial charge in [-0.1, -0.05) is 6.07 Å². The zero-order valence-corrected chi connectivity index (χ0v) is 13.0. The van der Waals surface area contributed by atoms with Crippen molar-refractivity contribution in [1.29, 1.82) is 0 Å². The van der Waals surface area contributed by atoms with Crippen LogP contribution < -0.4 is 15.8 Å². The number of halogens is 3. The number of thioether (sulfide) groups is 1. The van der Waals surface area contributed by atoms with Crippen LogP contribution in [0.15, 0.2) is 24.3 Å². The molecule has 3 N–H and O–H groups in total. The molecule has 0 saturated heterocycles. The minimum absolute atomic E-state index is 0.0717. The number of ether oxygens (including phenoxy) is 1. The smallest absolute Gasteiger partial charge is 0.416 e. The molecule has 1 rings (SSSR count). The zero-order valence-electron chi connectivity index (χ0n) is 12.2. The highest BCUT2D eigenvalue weighted by Gasteiger charge is 2.30. The van der Waals surface area contributed by atoms with Gasteiger partial charge in [0.2, 0.25) is 5.91 Å². The van der Waals surface area contributed by atoms with E-state index in [1.807, 2.05) is 6.26 Å². The van der Waals surface area contributed by atoms with Crippen molar-refractivity contribution in [2.24, 2.45) is 5.73 Å². The van der Waals surface area contributed by atoms with Crippen molar-refractivity contribution in [2.75, 3.05) is 25.2 Å². The molecule has 1 aromatic rings. The van der Waals surface area contributed by atoms with Crippen molar-refractivity contribution in [2.45, 2.75) is 18.6 Å². The first kappa shape index (κ1) is 18.6. The fourth-order valence-electron chi connectivity index (χ4n) is 1.61. The Hall–Kier alpha value is -1.41. The maximum atomic E-state index is 12.5. The van der Waals surface area contributed by atoms with Crippen LogP contribution in [0.25, 0.3) is 0 Å². The molecule has 1 aromatic carbocycles. The third kappa shape index (κ3) is 6.57. The Morgan fingerprint density at radius 3 is 2.82 bits per heavy atom. The SMILES string of the molecule is CSCC[C@H](N)C(=O)NCCOc1cccc(C(F)(F)F)c1. The van der Waals surface area contributed by atoms with Crippen LogP contribution in [-0.4, -0.2) is 37.1 Å². The molecule has 0 heterocycles. The van der Waals surface area contributed by atoms with E-state index in [-0.39, 0.29) is 24.8 Å². The van der Waals surface area contributed by atoms with Crippen LogP contribution >= 0.6 is 11.8 Å². The van der Waals surface area contributed by atoms with Gasteiger partial charge in [0.25, 0.3) is 0 Å². The zero-order chi connectivity index (χ0) is 16.6. The van der Waals surface area contributed by atoms with E-state index in [0.29, 0.717) is 6.42 Å². The second kappa shape index (κ2) is 8.89. The molecule has 1 atom stereocenters. The number of benzene rings is 1. The molecule has 0 aliphatic carbocycles. The Morgan fingerprint density at radius 2 is 2.18 bits per heavy atom. The number of amides is 1. The molecular weight excluding hydrogens is 317 g/mol. The normalized spacial score (nSPS) is 12.8. The topological polar surface area (TPSA) is 64.4 Å². The summed E-state index contributed by atoms with van der Waals surface area (Å²) in [5, 5.41) is 2.59. The van der Waals surface area contributed by atoms with E-state index in [2.05, 4.69) is 5.32 Å². The number of hydrogen-bond donors (Lipinski definition) is 2. The van der Waals surface area contributed by atoms with Crippen LogP contribution in [0.1, 0.15) is 12.0 Å². The van der Waals surface area contributed by atoms with E-state index < -0.39 is 17.8 Å². The molecule has 0 aliphatic rings. The molecule has 0 aliphatic heterocycles. The summed E-state index contributed by atoms with van der Waals surface area (Å²) < 4.78 is 42.8. The highest BCUT2D eigenvalue weighted by atomic mass is 32.2. The molecule has 4 nitrogen and oxygen atoms in total. The minimum atomic E-state index is -4.41. The third-order valence-corrected chi connectivity index (χ3v) is 3.45. The maximum absolute atomic E-state index is 12.5. The summed E-state index contributed by atoms with van der Waals surface area (Å²) in [4.78, 5) is 11.6. The summed E-state index contributed by atoms with van der Waals surface area (Å²) in [5.41, 5.74) is 4.90. The highest BCUT2D eigenvalue weighted by molar-refractivity contribution is 7.98. The molecular formula is C14H19F3N2O2S. The van der Waals surface area contributed by atoms with E-state index in [4.69, 9.17) is 10.5 Å². The summed E-state index contributed by atoms with van der Waals surface area (Å²) in [6.45, 7) is 0.254. The maximum Gasteiger partial charge on any atom is 0.416 e. The monoisotopic (exact) mass is 336 g/mol. The number of carbonyl (C=O) groups excluding carboxylic acids is 1. The number of carbonyl (C=O) groups is 1. The van der Waals surface area contributed by atoms with Crippen LogP contribution in [0.3, 0.4) is 0 Å². The summed E-state index contributed by atoms with van der Waals surface area (Å²) in [5.74, 6) is 0.604. The van der Waals surface area contributed by atoms with Crippen molar-refractivity contribution >= 4 is 17.7 Å². The molecule has 0 saturated carbocycles. The number of alkyl halides is 3. The average Bonchev–Trinajstić information content (AvgIpc) is 2.48. The largest absolute Gasteiger partial charge is 0.492 e. The Kier molecular flexibility index (Phi) is 7.53. The van der Waals surface area contributed by atoms with E-state index in [9.17, 15) is 18.0 Å². The quantitative estimate of drug-likeness (QED) is 0.715.